The van der Waals surface area contributed by atoms with Gasteiger partial charge < -0.3 is 4.74 Å². The summed E-state index contributed by atoms with van der Waals surface area (Å²) >= 11 is 5.91. The van der Waals surface area contributed by atoms with Crippen molar-refractivity contribution in [2.45, 2.75) is 13.8 Å². The molecule has 4 nitrogen and oxygen atoms in total. The third-order valence-corrected chi connectivity index (χ3v) is 2.60. The monoisotopic (exact) mass is 253 g/mol. The highest BCUT2D eigenvalue weighted by Gasteiger charge is 2.03. The number of benzene rings is 1. The number of nitrogens with zero attached hydrogens (tertiary/aromatic N) is 2. The van der Waals surface area contributed by atoms with E-state index in [1.165, 1.54) is 0 Å². The van der Waals surface area contributed by atoms with Gasteiger partial charge in [-0.3, -0.25) is 10.4 Å². The van der Waals surface area contributed by atoms with Crippen LogP contribution < -0.4 is 10.2 Å². The minimum atomic E-state index is 0.627. The van der Waals surface area contributed by atoms with Crippen LogP contribution in [0.4, 0.5) is 5.69 Å². The molecule has 1 N–H and O–H groups in total. The van der Waals surface area contributed by atoms with Crippen LogP contribution in [0.1, 0.15) is 13.8 Å². The standard InChI is InChI=1S/C12H16ClN3O/c1-8(14-3)9(2)15-16-11-7-10(13)5-6-12(11)17-4/h5-7,16H,1-4H3/b14-8?,15-9+. The third kappa shape index (κ3) is 3.75. The lowest BCUT2D eigenvalue weighted by Crippen LogP contribution is -2.08. The molecule has 1 rings (SSSR count). The molecule has 0 fully saturated rings. The van der Waals surface area contributed by atoms with Gasteiger partial charge in [-0.25, -0.2) is 0 Å². The molecule has 0 atom stereocenters. The normalized spacial score (nSPS) is 12.5. The highest BCUT2D eigenvalue weighted by atomic mass is 35.5. The first-order valence-electron chi connectivity index (χ1n) is 5.16. The Hall–Kier alpha value is -1.55. The topological polar surface area (TPSA) is 46.0 Å². The van der Waals surface area contributed by atoms with Crippen LogP contribution in [-0.2, 0) is 0 Å². The van der Waals surface area contributed by atoms with E-state index in [-0.39, 0.29) is 0 Å². The molecule has 0 heterocycles. The van der Waals surface area contributed by atoms with Crippen molar-refractivity contribution in [3.8, 4) is 5.75 Å². The van der Waals surface area contributed by atoms with Crippen LogP contribution in [0.5, 0.6) is 5.75 Å². The Kier molecular flexibility index (Phi) is 4.97. The maximum Gasteiger partial charge on any atom is 0.143 e. The van der Waals surface area contributed by atoms with Crippen molar-refractivity contribution in [1.82, 2.24) is 0 Å². The van der Waals surface area contributed by atoms with E-state index in [9.17, 15) is 0 Å². The fourth-order valence-electron chi connectivity index (χ4n) is 1.15. The Morgan fingerprint density at radius 1 is 1.29 bits per heavy atom. The maximum absolute atomic E-state index is 5.91. The number of hydrogen-bond acceptors (Lipinski definition) is 4. The summed E-state index contributed by atoms with van der Waals surface area (Å²) in [5, 5.41) is 4.84. The lowest BCUT2D eigenvalue weighted by molar-refractivity contribution is 0.416. The van der Waals surface area contributed by atoms with Crippen molar-refractivity contribution < 1.29 is 4.74 Å². The minimum Gasteiger partial charge on any atom is -0.495 e. The predicted octanol–water partition coefficient (Wildman–Crippen LogP) is 3.23. The zero-order valence-electron chi connectivity index (χ0n) is 10.4. The van der Waals surface area contributed by atoms with Gasteiger partial charge in [-0.15, -0.1) is 0 Å². The van der Waals surface area contributed by atoms with Crippen molar-refractivity contribution in [3.05, 3.63) is 23.2 Å². The predicted molar refractivity (Wildman–Crippen MR) is 73.8 cm³/mol. The second kappa shape index (κ2) is 6.25. The van der Waals surface area contributed by atoms with E-state index in [0.29, 0.717) is 10.8 Å². The molecular formula is C12H16ClN3O. The fourth-order valence-corrected chi connectivity index (χ4v) is 1.33. The third-order valence-electron chi connectivity index (χ3n) is 2.36. The summed E-state index contributed by atoms with van der Waals surface area (Å²) in [5.74, 6) is 0.692. The van der Waals surface area contributed by atoms with Crippen molar-refractivity contribution >= 4 is 28.7 Å². The second-order valence-electron chi connectivity index (χ2n) is 3.46. The van der Waals surface area contributed by atoms with E-state index in [1.54, 1.807) is 32.4 Å². The smallest absolute Gasteiger partial charge is 0.143 e. The van der Waals surface area contributed by atoms with E-state index in [4.69, 9.17) is 16.3 Å². The number of aliphatic imine (C=N–C) groups is 1. The van der Waals surface area contributed by atoms with Gasteiger partial charge in [0.1, 0.15) is 5.75 Å². The SMILES string of the molecule is CN=C(C)/C(C)=N/Nc1cc(Cl)ccc1OC. The number of nitrogens with one attached hydrogen (secondary N) is 1. The van der Waals surface area contributed by atoms with Crippen LogP contribution in [-0.4, -0.2) is 25.6 Å². The van der Waals surface area contributed by atoms with Crippen molar-refractivity contribution in [2.24, 2.45) is 10.1 Å². The van der Waals surface area contributed by atoms with Crippen LogP contribution in [0.15, 0.2) is 28.3 Å². The average Bonchev–Trinajstić information content (AvgIpc) is 2.35. The minimum absolute atomic E-state index is 0.627. The van der Waals surface area contributed by atoms with Gasteiger partial charge in [-0.1, -0.05) is 11.6 Å². The molecule has 0 saturated carbocycles. The summed E-state index contributed by atoms with van der Waals surface area (Å²) in [6, 6.07) is 5.31. The maximum atomic E-state index is 5.91. The molecule has 92 valence electrons. The molecule has 0 amide bonds. The number of ether oxygens (including phenoxy) is 1. The molecule has 1 aromatic carbocycles. The molecule has 0 unspecified atom stereocenters. The van der Waals surface area contributed by atoms with Gasteiger partial charge in [0, 0.05) is 12.1 Å². The van der Waals surface area contributed by atoms with E-state index in [1.807, 2.05) is 13.8 Å². The molecule has 5 heteroatoms. The number of hydrogen-bond donors (Lipinski definition) is 1. The summed E-state index contributed by atoms with van der Waals surface area (Å²) in [6.07, 6.45) is 0. The van der Waals surface area contributed by atoms with Crippen molar-refractivity contribution in [2.75, 3.05) is 19.6 Å². The first-order chi connectivity index (χ1) is 8.08. The van der Waals surface area contributed by atoms with Crippen molar-refractivity contribution in [1.29, 1.82) is 0 Å². The number of methoxy groups -OCH3 is 1. The van der Waals surface area contributed by atoms with Gasteiger partial charge in [0.05, 0.1) is 24.2 Å². The average molecular weight is 254 g/mol. The van der Waals surface area contributed by atoms with Gasteiger partial charge >= 0.3 is 0 Å². The van der Waals surface area contributed by atoms with Crippen LogP contribution in [0.25, 0.3) is 0 Å². The summed E-state index contributed by atoms with van der Waals surface area (Å²) in [7, 11) is 3.33. The summed E-state index contributed by atoms with van der Waals surface area (Å²) in [5.41, 5.74) is 5.33. The van der Waals surface area contributed by atoms with E-state index >= 15 is 0 Å². The molecule has 0 radical (unpaired) electrons. The van der Waals surface area contributed by atoms with E-state index in [0.717, 1.165) is 17.1 Å². The van der Waals surface area contributed by atoms with Crippen LogP contribution in [0.2, 0.25) is 5.02 Å². The van der Waals surface area contributed by atoms with Gasteiger partial charge in [0.2, 0.25) is 0 Å². The Balaban J connectivity index is 2.92. The fraction of sp³-hybridized carbons (Fsp3) is 0.333. The molecule has 17 heavy (non-hydrogen) atoms. The number of halogens is 1. The van der Waals surface area contributed by atoms with Gasteiger partial charge in [0.25, 0.3) is 0 Å². The molecule has 0 spiro atoms. The molecule has 0 aliphatic rings. The quantitative estimate of drug-likeness (QED) is 0.662. The van der Waals surface area contributed by atoms with E-state index < -0.39 is 0 Å². The van der Waals surface area contributed by atoms with Gasteiger partial charge in [0.15, 0.2) is 0 Å². The van der Waals surface area contributed by atoms with Crippen molar-refractivity contribution in [3.63, 3.8) is 0 Å². The summed E-state index contributed by atoms with van der Waals surface area (Å²) < 4.78 is 5.20. The zero-order valence-corrected chi connectivity index (χ0v) is 11.2. The Morgan fingerprint density at radius 2 is 2.00 bits per heavy atom. The lowest BCUT2D eigenvalue weighted by Gasteiger charge is -2.08. The number of anilines is 1. The Labute approximate surface area is 106 Å². The number of rotatable bonds is 4. The van der Waals surface area contributed by atoms with Crippen LogP contribution in [0, 0.1) is 0 Å². The largest absolute Gasteiger partial charge is 0.495 e. The summed E-state index contributed by atoms with van der Waals surface area (Å²) in [4.78, 5) is 4.05. The molecule has 0 aliphatic heterocycles. The highest BCUT2D eigenvalue weighted by molar-refractivity contribution is 6.40. The van der Waals surface area contributed by atoms with Gasteiger partial charge in [-0.2, -0.15) is 5.10 Å². The van der Waals surface area contributed by atoms with E-state index in [2.05, 4.69) is 15.5 Å². The van der Waals surface area contributed by atoms with Crippen LogP contribution in [0.3, 0.4) is 0 Å². The highest BCUT2D eigenvalue weighted by Crippen LogP contribution is 2.27. The lowest BCUT2D eigenvalue weighted by atomic mass is 10.3. The first-order valence-corrected chi connectivity index (χ1v) is 5.54. The second-order valence-corrected chi connectivity index (χ2v) is 3.90. The zero-order chi connectivity index (χ0) is 12.8. The Morgan fingerprint density at radius 3 is 2.59 bits per heavy atom. The molecular weight excluding hydrogens is 238 g/mol. The number of hydrazone groups is 1. The molecule has 0 aromatic heterocycles. The van der Waals surface area contributed by atoms with Gasteiger partial charge in [-0.05, 0) is 32.0 Å². The first kappa shape index (κ1) is 13.5. The Bertz CT molecular complexity index is 455. The molecule has 1 aromatic rings. The molecule has 0 aliphatic carbocycles. The molecule has 0 bridgehead atoms. The summed E-state index contributed by atoms with van der Waals surface area (Å²) in [6.45, 7) is 3.78. The van der Waals surface area contributed by atoms with Crippen LogP contribution >= 0.6 is 11.6 Å². The molecule has 0 saturated heterocycles.